The average Bonchev–Trinajstić information content (AvgIpc) is 2.71. The van der Waals surface area contributed by atoms with Crippen molar-refractivity contribution in [2.45, 2.75) is 26.2 Å². The maximum atomic E-state index is 6.57. The number of rotatable bonds is 5. The van der Waals surface area contributed by atoms with Crippen LogP contribution in [0, 0.1) is 11.3 Å². The van der Waals surface area contributed by atoms with Crippen LogP contribution < -0.4 is 5.32 Å². The second kappa shape index (κ2) is 8.52. The molecule has 0 saturated heterocycles. The normalized spacial score (nSPS) is 20.9. The predicted molar refractivity (Wildman–Crippen MR) is 127 cm³/mol. The number of hydrogen-bond donors (Lipinski definition) is 1. The van der Waals surface area contributed by atoms with Crippen molar-refractivity contribution in [3.63, 3.8) is 0 Å². The summed E-state index contributed by atoms with van der Waals surface area (Å²) >= 11 is 6.57. The largest absolute Gasteiger partial charge is 0.354 e. The van der Waals surface area contributed by atoms with E-state index in [-0.39, 0.29) is 11.3 Å². The first-order chi connectivity index (χ1) is 14.3. The summed E-state index contributed by atoms with van der Waals surface area (Å²) < 4.78 is 0. The second-order valence-corrected chi connectivity index (χ2v) is 9.92. The molecule has 4 rings (SSSR count). The average molecular weight is 423 g/mol. The van der Waals surface area contributed by atoms with Gasteiger partial charge in [-0.1, -0.05) is 67.9 Å². The fraction of sp³-hybridized carbons (Fsp3) is 0.440. The van der Waals surface area contributed by atoms with Crippen LogP contribution in [0.5, 0.6) is 0 Å². The lowest BCUT2D eigenvalue weighted by atomic mass is 9.72. The third kappa shape index (κ3) is 4.45. The van der Waals surface area contributed by atoms with E-state index in [0.29, 0.717) is 5.92 Å². The van der Waals surface area contributed by atoms with Gasteiger partial charge in [-0.05, 0) is 43.1 Å². The molecule has 158 valence electrons. The Kier molecular flexibility index (Phi) is 5.99. The zero-order chi connectivity index (χ0) is 21.3. The molecule has 0 fully saturated rings. The molecule has 1 aliphatic heterocycles. The first kappa shape index (κ1) is 21.1. The third-order valence-corrected chi connectivity index (χ3v) is 6.30. The van der Waals surface area contributed by atoms with E-state index >= 15 is 0 Å². The first-order valence-corrected chi connectivity index (χ1v) is 11.1. The predicted octanol–water partition coefficient (Wildman–Crippen LogP) is 4.83. The molecule has 2 unspecified atom stereocenters. The van der Waals surface area contributed by atoms with E-state index in [2.05, 4.69) is 74.6 Å². The second-order valence-electron chi connectivity index (χ2n) is 9.51. The van der Waals surface area contributed by atoms with Gasteiger partial charge in [-0.15, -0.1) is 0 Å². The molecular formula is C25H31ClN4. The van der Waals surface area contributed by atoms with Crippen LogP contribution in [0.3, 0.4) is 0 Å². The van der Waals surface area contributed by atoms with Gasteiger partial charge in [0.2, 0.25) is 5.96 Å². The van der Waals surface area contributed by atoms with E-state index in [1.54, 1.807) is 0 Å². The van der Waals surface area contributed by atoms with Gasteiger partial charge in [0.15, 0.2) is 0 Å². The number of guanidine groups is 1. The molecule has 0 saturated carbocycles. The van der Waals surface area contributed by atoms with Gasteiger partial charge in [0, 0.05) is 35.5 Å². The summed E-state index contributed by atoms with van der Waals surface area (Å²) in [4.78, 5) is 12.0. The molecular weight excluding hydrogens is 392 g/mol. The highest BCUT2D eigenvalue weighted by Gasteiger charge is 2.35. The van der Waals surface area contributed by atoms with E-state index in [9.17, 15) is 0 Å². The molecule has 1 heterocycles. The zero-order valence-corrected chi connectivity index (χ0v) is 19.1. The van der Waals surface area contributed by atoms with Gasteiger partial charge in [0.1, 0.15) is 0 Å². The Labute approximate surface area is 185 Å². The maximum Gasteiger partial charge on any atom is 0.218 e. The molecule has 0 bridgehead atoms. The minimum atomic E-state index is 0.142. The van der Waals surface area contributed by atoms with Gasteiger partial charge in [-0.2, -0.15) is 0 Å². The van der Waals surface area contributed by atoms with E-state index in [0.717, 1.165) is 42.7 Å². The molecule has 0 spiro atoms. The van der Waals surface area contributed by atoms with Crippen LogP contribution in [-0.2, 0) is 0 Å². The van der Waals surface area contributed by atoms with Crippen LogP contribution in [-0.4, -0.2) is 50.3 Å². The van der Waals surface area contributed by atoms with Crippen LogP contribution in [0.15, 0.2) is 58.5 Å². The minimum Gasteiger partial charge on any atom is -0.354 e. The van der Waals surface area contributed by atoms with Crippen LogP contribution in [0.2, 0.25) is 5.02 Å². The Morgan fingerprint density at radius 2 is 1.77 bits per heavy atom. The number of halogens is 1. The number of fused-ring (bicyclic) bond motifs is 3. The summed E-state index contributed by atoms with van der Waals surface area (Å²) in [6.45, 7) is 7.15. The first-order valence-electron chi connectivity index (χ1n) is 10.7. The van der Waals surface area contributed by atoms with Gasteiger partial charge in [-0.3, -0.25) is 4.99 Å². The highest BCUT2D eigenvalue weighted by molar-refractivity contribution is 6.31. The summed E-state index contributed by atoms with van der Waals surface area (Å²) in [5.74, 6) is 1.36. The number of aliphatic imine (C=N–C) groups is 2. The Morgan fingerprint density at radius 1 is 1.07 bits per heavy atom. The molecule has 2 atom stereocenters. The van der Waals surface area contributed by atoms with Gasteiger partial charge >= 0.3 is 0 Å². The Morgan fingerprint density at radius 3 is 2.50 bits per heavy atom. The van der Waals surface area contributed by atoms with E-state index in [1.807, 2.05) is 12.1 Å². The van der Waals surface area contributed by atoms with Crippen LogP contribution >= 0.6 is 11.6 Å². The molecule has 2 aliphatic rings. The van der Waals surface area contributed by atoms with E-state index in [4.69, 9.17) is 21.6 Å². The molecule has 5 heteroatoms. The summed E-state index contributed by atoms with van der Waals surface area (Å²) in [5.41, 5.74) is 5.05. The zero-order valence-electron chi connectivity index (χ0n) is 18.3. The molecule has 4 nitrogen and oxygen atoms in total. The monoisotopic (exact) mass is 422 g/mol. The van der Waals surface area contributed by atoms with Crippen molar-refractivity contribution in [3.05, 3.63) is 70.2 Å². The van der Waals surface area contributed by atoms with Gasteiger partial charge in [0.05, 0.1) is 12.3 Å². The van der Waals surface area contributed by atoms with Gasteiger partial charge in [0.25, 0.3) is 0 Å². The number of hydrogen-bond acceptors (Lipinski definition) is 4. The Bertz CT molecular complexity index is 977. The summed E-state index contributed by atoms with van der Waals surface area (Å²) in [7, 11) is 4.22. The number of nitrogens with zero attached hydrogens (tertiary/aromatic N) is 3. The Hall–Kier alpha value is -2.17. The van der Waals surface area contributed by atoms with Crippen molar-refractivity contribution < 1.29 is 0 Å². The van der Waals surface area contributed by atoms with Crippen molar-refractivity contribution in [1.82, 2.24) is 10.2 Å². The smallest absolute Gasteiger partial charge is 0.218 e. The number of nitrogens with one attached hydrogen (secondary N) is 1. The van der Waals surface area contributed by atoms with E-state index in [1.165, 1.54) is 16.7 Å². The van der Waals surface area contributed by atoms with Crippen LogP contribution in [0.4, 0.5) is 0 Å². The highest BCUT2D eigenvalue weighted by atomic mass is 35.5. The van der Waals surface area contributed by atoms with Crippen molar-refractivity contribution in [1.29, 1.82) is 0 Å². The maximum absolute atomic E-state index is 6.57. The van der Waals surface area contributed by atoms with Crippen LogP contribution in [0.25, 0.3) is 0 Å². The van der Waals surface area contributed by atoms with Crippen molar-refractivity contribution in [3.8, 4) is 0 Å². The lowest BCUT2D eigenvalue weighted by Gasteiger charge is -2.35. The topological polar surface area (TPSA) is 40.0 Å². The summed E-state index contributed by atoms with van der Waals surface area (Å²) in [5, 5.41) is 4.33. The summed E-state index contributed by atoms with van der Waals surface area (Å²) in [6.07, 6.45) is 0.989. The molecule has 1 N–H and O–H groups in total. The minimum absolute atomic E-state index is 0.142. The highest BCUT2D eigenvalue weighted by Crippen LogP contribution is 2.42. The lowest BCUT2D eigenvalue weighted by molar-refractivity contribution is 0.241. The van der Waals surface area contributed by atoms with Gasteiger partial charge < -0.3 is 10.2 Å². The van der Waals surface area contributed by atoms with Crippen molar-refractivity contribution in [2.24, 2.45) is 21.3 Å². The standard InChI is InChI=1S/C25H31ClN4/c1-25(2,16-30(3)4)15-28-24-27-14-17-13-21(19-10-7-8-12-22(19)26)18-9-5-6-11-20(18)23(17)29-24/h5-12,17,21H,13-16H2,1-4H3,(H,27,28). The van der Waals surface area contributed by atoms with Crippen LogP contribution in [0.1, 0.15) is 42.9 Å². The molecule has 2 aromatic carbocycles. The Balaban J connectivity index is 1.60. The molecule has 30 heavy (non-hydrogen) atoms. The quantitative estimate of drug-likeness (QED) is 0.749. The lowest BCUT2D eigenvalue weighted by Crippen LogP contribution is -2.42. The van der Waals surface area contributed by atoms with Crippen molar-refractivity contribution in [2.75, 3.05) is 33.7 Å². The fourth-order valence-electron chi connectivity index (χ4n) is 4.81. The van der Waals surface area contributed by atoms with E-state index < -0.39 is 0 Å². The number of benzene rings is 2. The third-order valence-electron chi connectivity index (χ3n) is 5.96. The summed E-state index contributed by atoms with van der Waals surface area (Å²) in [6, 6.07) is 16.8. The molecule has 0 aromatic heterocycles. The molecule has 1 aliphatic carbocycles. The molecule has 0 amide bonds. The molecule has 2 aromatic rings. The SMILES string of the molecule is CN(C)CC(C)(C)CNC1=NCC2CC(c3ccccc3Cl)c3ccccc3C2=N1. The van der Waals surface area contributed by atoms with Crippen molar-refractivity contribution >= 4 is 23.3 Å². The fourth-order valence-corrected chi connectivity index (χ4v) is 5.08. The molecule has 0 radical (unpaired) electrons. The van der Waals surface area contributed by atoms with Gasteiger partial charge in [-0.25, -0.2) is 4.99 Å².